The van der Waals surface area contributed by atoms with Crippen LogP contribution < -0.4 is 0 Å². The fourth-order valence-corrected chi connectivity index (χ4v) is 6.10. The van der Waals surface area contributed by atoms with Crippen LogP contribution in [0.25, 0.3) is 0 Å². The molecule has 2 aliphatic carbocycles. The van der Waals surface area contributed by atoms with Crippen LogP contribution in [0.15, 0.2) is 46.2 Å². The minimum atomic E-state index is -4.26. The molecule has 37 heavy (non-hydrogen) atoms. The van der Waals surface area contributed by atoms with Crippen molar-refractivity contribution in [2.75, 3.05) is 0 Å². The Balaban J connectivity index is 1.66. The number of benzene rings is 2. The topological polar surface area (TPSA) is 137 Å². The van der Waals surface area contributed by atoms with Gasteiger partial charge in [-0.15, -0.1) is 0 Å². The third-order valence-electron chi connectivity index (χ3n) is 6.91. The molecule has 2 aromatic rings. The summed E-state index contributed by atoms with van der Waals surface area (Å²) in [7, 11) is -4.26. The maximum Gasteiger partial charge on any atom is 0.206 e. The summed E-state index contributed by atoms with van der Waals surface area (Å²) >= 11 is 0. The van der Waals surface area contributed by atoms with Gasteiger partial charge in [-0.3, -0.25) is 28.8 Å². The van der Waals surface area contributed by atoms with Crippen molar-refractivity contribution in [3.05, 3.63) is 58.7 Å². The second kappa shape index (κ2) is 10.0. The van der Waals surface area contributed by atoms with E-state index in [0.29, 0.717) is 12.8 Å². The molecule has 4 rings (SSSR count). The van der Waals surface area contributed by atoms with E-state index in [9.17, 15) is 37.2 Å². The van der Waals surface area contributed by atoms with Gasteiger partial charge in [-0.1, -0.05) is 26.7 Å². The van der Waals surface area contributed by atoms with Crippen LogP contribution in [-0.2, 0) is 19.4 Å². The molecule has 0 radical (unpaired) electrons. The van der Waals surface area contributed by atoms with Crippen LogP contribution >= 0.6 is 0 Å². The normalized spacial score (nSPS) is 18.8. The van der Waals surface area contributed by atoms with Crippen LogP contribution in [0.3, 0.4) is 0 Å². The van der Waals surface area contributed by atoms with Gasteiger partial charge in [0.25, 0.3) is 0 Å². The van der Waals surface area contributed by atoms with Gasteiger partial charge in [-0.25, -0.2) is 8.42 Å². The molecule has 0 aliphatic heterocycles. The van der Waals surface area contributed by atoms with Crippen LogP contribution in [-0.4, -0.2) is 43.1 Å². The molecule has 0 saturated heterocycles. The Morgan fingerprint density at radius 2 is 0.973 bits per heavy atom. The van der Waals surface area contributed by atoms with E-state index >= 15 is 0 Å². The van der Waals surface area contributed by atoms with Gasteiger partial charge in [0.15, 0.2) is 34.7 Å². The van der Waals surface area contributed by atoms with E-state index in [4.69, 9.17) is 0 Å². The van der Waals surface area contributed by atoms with Crippen LogP contribution in [0, 0.1) is 11.8 Å². The molecule has 2 unspecified atom stereocenters. The zero-order valence-corrected chi connectivity index (χ0v) is 21.4. The number of hydrogen-bond acceptors (Lipinski definition) is 8. The molecule has 192 valence electrons. The van der Waals surface area contributed by atoms with Gasteiger partial charge in [-0.2, -0.15) is 0 Å². The summed E-state index contributed by atoms with van der Waals surface area (Å²) in [4.78, 5) is 75.5. The van der Waals surface area contributed by atoms with Crippen molar-refractivity contribution in [3.63, 3.8) is 0 Å². The van der Waals surface area contributed by atoms with E-state index in [1.54, 1.807) is 0 Å². The first-order chi connectivity index (χ1) is 17.5. The predicted octanol–water partition coefficient (Wildman–Crippen LogP) is 4.03. The number of sulfone groups is 1. The minimum absolute atomic E-state index is 0.00181. The zero-order chi connectivity index (χ0) is 27.1. The summed E-state index contributed by atoms with van der Waals surface area (Å²) in [6.07, 6.45) is 2.69. The number of rotatable bonds is 10. The molecule has 2 aromatic carbocycles. The molecule has 0 aromatic heterocycles. The number of carbonyl (C=O) groups is 6. The van der Waals surface area contributed by atoms with Crippen molar-refractivity contribution < 1.29 is 37.2 Å². The fraction of sp³-hybridized carbons (Fsp3) is 0.357. The van der Waals surface area contributed by atoms with Gasteiger partial charge in [0.1, 0.15) is 11.8 Å². The van der Waals surface area contributed by atoms with Crippen LogP contribution in [0.1, 0.15) is 93.8 Å². The Morgan fingerprint density at radius 3 is 1.32 bits per heavy atom. The lowest BCUT2D eigenvalue weighted by Gasteiger charge is -2.08. The molecule has 0 heterocycles. The molecule has 2 atom stereocenters. The van der Waals surface area contributed by atoms with Crippen molar-refractivity contribution >= 4 is 44.5 Å². The average molecular weight is 523 g/mol. The van der Waals surface area contributed by atoms with E-state index in [0.717, 1.165) is 25.0 Å². The summed E-state index contributed by atoms with van der Waals surface area (Å²) in [5.74, 6) is -6.58. The number of fused-ring (bicyclic) bond motifs is 2. The molecular formula is C28H26O8S. The quantitative estimate of drug-likeness (QED) is 0.427. The number of hydrogen-bond donors (Lipinski definition) is 0. The highest BCUT2D eigenvalue weighted by Gasteiger charge is 2.45. The summed E-state index contributed by atoms with van der Waals surface area (Å²) in [6, 6.07) is 6.95. The summed E-state index contributed by atoms with van der Waals surface area (Å²) in [5.41, 5.74) is -0.256. The van der Waals surface area contributed by atoms with Crippen molar-refractivity contribution in [1.29, 1.82) is 0 Å². The minimum Gasteiger partial charge on any atom is -0.298 e. The van der Waals surface area contributed by atoms with Crippen molar-refractivity contribution in [3.8, 4) is 0 Å². The summed E-state index contributed by atoms with van der Waals surface area (Å²) in [5, 5.41) is 0. The van der Waals surface area contributed by atoms with E-state index in [1.807, 2.05) is 13.8 Å². The second-order valence-electron chi connectivity index (χ2n) is 9.38. The number of ketones is 6. The monoisotopic (exact) mass is 522 g/mol. The lowest BCUT2D eigenvalue weighted by atomic mass is 9.95. The van der Waals surface area contributed by atoms with Crippen molar-refractivity contribution in [1.82, 2.24) is 0 Å². The van der Waals surface area contributed by atoms with E-state index < -0.39 is 56.4 Å². The highest BCUT2D eigenvalue weighted by atomic mass is 32.2. The maximum absolute atomic E-state index is 13.4. The van der Waals surface area contributed by atoms with E-state index in [-0.39, 0.29) is 44.9 Å². The Kier molecular flexibility index (Phi) is 7.19. The number of carbonyl (C=O) groups excluding carboxylic acids is 6. The molecule has 0 spiro atoms. The molecule has 2 aliphatic rings. The highest BCUT2D eigenvalue weighted by molar-refractivity contribution is 7.91. The van der Waals surface area contributed by atoms with Gasteiger partial charge in [-0.05, 0) is 49.2 Å². The maximum atomic E-state index is 13.4. The molecule has 8 nitrogen and oxygen atoms in total. The third-order valence-corrected chi connectivity index (χ3v) is 8.66. The SMILES string of the molecule is CCCCC(=O)C1C(=O)c2ccc(S(=O)(=O)c3ccc4c(c3)C(=O)C(C(=O)CCCC)C4=O)cc2C1=O. The molecule has 0 fully saturated rings. The lowest BCUT2D eigenvalue weighted by molar-refractivity contribution is -0.121. The fourth-order valence-electron chi connectivity index (χ4n) is 4.79. The third kappa shape index (κ3) is 4.41. The standard InChI is InChI=1S/C28H26O8S/c1-3-5-7-21(29)23-25(31)17-11-9-15(13-19(17)27(23)33)37(35,36)16-10-12-18-20(14-16)28(34)24(26(18)32)22(30)8-6-4-2/h9-14,23-24H,3-8H2,1-2H3. The number of unbranched alkanes of at least 4 members (excludes halogenated alkanes) is 2. The number of Topliss-reactive ketones (excluding diaryl/α,β-unsaturated/α-hetero) is 6. The van der Waals surface area contributed by atoms with Gasteiger partial charge in [0.2, 0.25) is 9.84 Å². The molecular weight excluding hydrogens is 496 g/mol. The summed E-state index contributed by atoms with van der Waals surface area (Å²) in [6.45, 7) is 3.76. The Hall–Kier alpha value is -3.59. The van der Waals surface area contributed by atoms with Gasteiger partial charge >= 0.3 is 0 Å². The van der Waals surface area contributed by atoms with Crippen molar-refractivity contribution in [2.45, 2.75) is 62.2 Å². The van der Waals surface area contributed by atoms with E-state index in [2.05, 4.69) is 0 Å². The first-order valence-corrected chi connectivity index (χ1v) is 13.8. The Morgan fingerprint density at radius 1 is 0.622 bits per heavy atom. The highest BCUT2D eigenvalue weighted by Crippen LogP contribution is 2.35. The summed E-state index contributed by atoms with van der Waals surface area (Å²) < 4.78 is 26.8. The average Bonchev–Trinajstić information content (AvgIpc) is 3.29. The van der Waals surface area contributed by atoms with Gasteiger partial charge in [0, 0.05) is 35.1 Å². The molecule has 0 N–H and O–H groups in total. The van der Waals surface area contributed by atoms with Crippen molar-refractivity contribution in [2.24, 2.45) is 11.8 Å². The van der Waals surface area contributed by atoms with Gasteiger partial charge < -0.3 is 0 Å². The Bertz CT molecular complexity index is 1380. The van der Waals surface area contributed by atoms with Crippen LogP contribution in [0.2, 0.25) is 0 Å². The first-order valence-electron chi connectivity index (χ1n) is 12.3. The molecule has 0 saturated carbocycles. The lowest BCUT2D eigenvalue weighted by Crippen LogP contribution is -2.25. The van der Waals surface area contributed by atoms with Gasteiger partial charge in [0.05, 0.1) is 9.79 Å². The first kappa shape index (κ1) is 26.5. The van der Waals surface area contributed by atoms with Crippen LogP contribution in [0.4, 0.5) is 0 Å². The molecule has 9 heteroatoms. The smallest absolute Gasteiger partial charge is 0.206 e. The van der Waals surface area contributed by atoms with E-state index in [1.165, 1.54) is 24.3 Å². The largest absolute Gasteiger partial charge is 0.298 e. The zero-order valence-electron chi connectivity index (χ0n) is 20.5. The molecule has 0 amide bonds. The van der Waals surface area contributed by atoms with Crippen LogP contribution in [0.5, 0.6) is 0 Å². The molecule has 0 bridgehead atoms. The Labute approximate surface area is 214 Å². The predicted molar refractivity (Wildman–Crippen MR) is 132 cm³/mol. The second-order valence-corrected chi connectivity index (χ2v) is 11.3.